The van der Waals surface area contributed by atoms with Gasteiger partial charge in [-0.05, 0) is 30.0 Å². The van der Waals surface area contributed by atoms with E-state index in [1.165, 1.54) is 4.88 Å². The molecule has 3 aromatic rings. The summed E-state index contributed by atoms with van der Waals surface area (Å²) in [6, 6.07) is 7.70. The molecule has 0 bridgehead atoms. The van der Waals surface area contributed by atoms with Crippen LogP contribution in [-0.2, 0) is 6.42 Å². The van der Waals surface area contributed by atoms with Gasteiger partial charge in [-0.15, -0.1) is 21.5 Å². The Kier molecular flexibility index (Phi) is 4.80. The molecule has 0 aliphatic rings. The van der Waals surface area contributed by atoms with Crippen LogP contribution in [0.25, 0.3) is 5.65 Å². The number of pyridine rings is 1. The normalized spacial score (nSPS) is 11.2. The van der Waals surface area contributed by atoms with Crippen molar-refractivity contribution in [2.24, 2.45) is 0 Å². The number of rotatable bonds is 5. The van der Waals surface area contributed by atoms with E-state index >= 15 is 0 Å². The molecule has 3 rings (SSSR count). The third-order valence-electron chi connectivity index (χ3n) is 3.82. The number of likely N-dealkylation sites (N-methyl/N-ethyl adjacent to an activating group) is 1. The maximum atomic E-state index is 12.3. The molecule has 126 valence electrons. The molecule has 24 heavy (non-hydrogen) atoms. The fraction of sp³-hybridized carbons (Fsp3) is 0.353. The number of hydrogen-bond donors (Lipinski definition) is 1. The molecule has 7 heteroatoms. The summed E-state index contributed by atoms with van der Waals surface area (Å²) >= 11 is 1.71. The van der Waals surface area contributed by atoms with Crippen LogP contribution in [0.2, 0.25) is 0 Å². The topological polar surface area (TPSA) is 62.5 Å². The van der Waals surface area contributed by atoms with E-state index in [-0.39, 0.29) is 11.9 Å². The van der Waals surface area contributed by atoms with Gasteiger partial charge in [0.05, 0.1) is 5.69 Å². The lowest BCUT2D eigenvalue weighted by Gasteiger charge is -2.17. The third kappa shape index (κ3) is 3.56. The first-order chi connectivity index (χ1) is 11.5. The number of carbonyl (C=O) groups excluding carboxylic acids is 1. The van der Waals surface area contributed by atoms with Gasteiger partial charge >= 0.3 is 6.03 Å². The summed E-state index contributed by atoms with van der Waals surface area (Å²) < 4.78 is 1.92. The maximum Gasteiger partial charge on any atom is 0.321 e. The van der Waals surface area contributed by atoms with Gasteiger partial charge in [-0.3, -0.25) is 4.40 Å². The number of anilines is 1. The fourth-order valence-corrected chi connectivity index (χ4v) is 3.13. The van der Waals surface area contributed by atoms with Crippen LogP contribution in [0.15, 0.2) is 35.8 Å². The summed E-state index contributed by atoms with van der Waals surface area (Å²) in [5.41, 5.74) is 1.51. The molecule has 3 aromatic heterocycles. The number of nitrogens with one attached hydrogen (secondary N) is 1. The molecule has 0 radical (unpaired) electrons. The highest BCUT2D eigenvalue weighted by atomic mass is 32.1. The van der Waals surface area contributed by atoms with Crippen molar-refractivity contribution >= 4 is 28.7 Å². The Morgan fingerprint density at radius 2 is 2.17 bits per heavy atom. The number of urea groups is 1. The third-order valence-corrected chi connectivity index (χ3v) is 4.75. The molecule has 0 aliphatic heterocycles. The summed E-state index contributed by atoms with van der Waals surface area (Å²) in [6.45, 7) is 4.82. The molecule has 2 amide bonds. The molecule has 0 unspecified atom stereocenters. The predicted octanol–water partition coefficient (Wildman–Crippen LogP) is 3.62. The monoisotopic (exact) mass is 343 g/mol. The summed E-state index contributed by atoms with van der Waals surface area (Å²) in [5.74, 6) is 1.14. The number of aromatic nitrogens is 3. The molecular weight excluding hydrogens is 322 g/mol. The molecule has 6 nitrogen and oxygen atoms in total. The quantitative estimate of drug-likeness (QED) is 0.769. The number of amides is 2. The number of thiophene rings is 1. The maximum absolute atomic E-state index is 12.3. The van der Waals surface area contributed by atoms with E-state index in [1.54, 1.807) is 23.3 Å². The second-order valence-electron chi connectivity index (χ2n) is 6.04. The van der Waals surface area contributed by atoms with Crippen LogP contribution in [0.3, 0.4) is 0 Å². The standard InChI is InChI=1S/C17H21N5OS/c1-12(2)16-20-19-15-7-6-13(11-22(15)16)18-17(23)21(3)9-8-14-5-4-10-24-14/h4-7,10-12H,8-9H2,1-3H3,(H,18,23). The zero-order chi connectivity index (χ0) is 17.1. The minimum absolute atomic E-state index is 0.120. The van der Waals surface area contributed by atoms with Crippen molar-refractivity contribution < 1.29 is 4.79 Å². The first-order valence-corrected chi connectivity index (χ1v) is 8.81. The minimum Gasteiger partial charge on any atom is -0.327 e. The van der Waals surface area contributed by atoms with E-state index in [0.29, 0.717) is 6.54 Å². The van der Waals surface area contributed by atoms with Crippen LogP contribution in [-0.4, -0.2) is 39.1 Å². The van der Waals surface area contributed by atoms with Gasteiger partial charge < -0.3 is 10.2 Å². The van der Waals surface area contributed by atoms with Crippen molar-refractivity contribution in [1.82, 2.24) is 19.5 Å². The van der Waals surface area contributed by atoms with Gasteiger partial charge in [0.2, 0.25) is 0 Å². The summed E-state index contributed by atoms with van der Waals surface area (Å²) in [5, 5.41) is 13.3. The van der Waals surface area contributed by atoms with E-state index in [4.69, 9.17) is 0 Å². The Hall–Kier alpha value is -2.41. The average Bonchev–Trinajstić information content (AvgIpc) is 3.21. The van der Waals surface area contributed by atoms with E-state index in [2.05, 4.69) is 40.8 Å². The van der Waals surface area contributed by atoms with Crippen molar-refractivity contribution in [1.29, 1.82) is 0 Å². The van der Waals surface area contributed by atoms with Crippen molar-refractivity contribution in [3.05, 3.63) is 46.5 Å². The van der Waals surface area contributed by atoms with Crippen LogP contribution in [0.4, 0.5) is 10.5 Å². The van der Waals surface area contributed by atoms with Crippen LogP contribution < -0.4 is 5.32 Å². The summed E-state index contributed by atoms with van der Waals surface area (Å²) in [6.07, 6.45) is 2.74. The van der Waals surface area contributed by atoms with Crippen LogP contribution in [0.5, 0.6) is 0 Å². The largest absolute Gasteiger partial charge is 0.327 e. The first kappa shape index (κ1) is 16.4. The van der Waals surface area contributed by atoms with Gasteiger partial charge in [0, 0.05) is 30.6 Å². The molecule has 0 saturated carbocycles. The van der Waals surface area contributed by atoms with Crippen molar-refractivity contribution in [3.8, 4) is 0 Å². The Labute approximate surface area is 145 Å². The molecule has 0 spiro atoms. The van der Waals surface area contributed by atoms with Crippen LogP contribution in [0, 0.1) is 0 Å². The molecule has 1 N–H and O–H groups in total. The average molecular weight is 343 g/mol. The molecular formula is C17H21N5OS. The molecule has 0 aromatic carbocycles. The smallest absolute Gasteiger partial charge is 0.321 e. The number of hydrogen-bond acceptors (Lipinski definition) is 4. The molecule has 0 atom stereocenters. The van der Waals surface area contributed by atoms with Gasteiger partial charge in [0.25, 0.3) is 0 Å². The Bertz CT molecular complexity index is 825. The van der Waals surface area contributed by atoms with Gasteiger partial charge in [0.15, 0.2) is 5.65 Å². The van der Waals surface area contributed by atoms with Crippen LogP contribution in [0.1, 0.15) is 30.5 Å². The van der Waals surface area contributed by atoms with Crippen LogP contribution >= 0.6 is 11.3 Å². The van der Waals surface area contributed by atoms with Crippen molar-refractivity contribution in [2.75, 3.05) is 18.9 Å². The lowest BCUT2D eigenvalue weighted by atomic mass is 10.2. The van der Waals surface area contributed by atoms with E-state index in [1.807, 2.05) is 28.8 Å². The predicted molar refractivity (Wildman–Crippen MR) is 96.7 cm³/mol. The minimum atomic E-state index is -0.120. The van der Waals surface area contributed by atoms with Gasteiger partial charge in [-0.2, -0.15) is 0 Å². The fourth-order valence-electron chi connectivity index (χ4n) is 2.43. The lowest BCUT2D eigenvalue weighted by Crippen LogP contribution is -2.32. The summed E-state index contributed by atoms with van der Waals surface area (Å²) in [4.78, 5) is 15.3. The molecule has 0 fully saturated rings. The van der Waals surface area contributed by atoms with E-state index in [9.17, 15) is 4.79 Å². The Balaban J connectivity index is 1.67. The highest BCUT2D eigenvalue weighted by Crippen LogP contribution is 2.17. The number of carbonyl (C=O) groups is 1. The number of fused-ring (bicyclic) bond motifs is 1. The van der Waals surface area contributed by atoms with Gasteiger partial charge in [-0.1, -0.05) is 19.9 Å². The van der Waals surface area contributed by atoms with E-state index in [0.717, 1.165) is 23.6 Å². The van der Waals surface area contributed by atoms with Crippen molar-refractivity contribution in [3.63, 3.8) is 0 Å². The van der Waals surface area contributed by atoms with Gasteiger partial charge in [-0.25, -0.2) is 4.79 Å². The number of nitrogens with zero attached hydrogens (tertiary/aromatic N) is 4. The van der Waals surface area contributed by atoms with Crippen molar-refractivity contribution in [2.45, 2.75) is 26.2 Å². The molecule has 0 saturated heterocycles. The summed E-state index contributed by atoms with van der Waals surface area (Å²) in [7, 11) is 1.81. The van der Waals surface area contributed by atoms with E-state index < -0.39 is 0 Å². The highest BCUT2D eigenvalue weighted by Gasteiger charge is 2.12. The lowest BCUT2D eigenvalue weighted by molar-refractivity contribution is 0.223. The molecule has 0 aliphatic carbocycles. The second-order valence-corrected chi connectivity index (χ2v) is 7.07. The Morgan fingerprint density at radius 3 is 2.88 bits per heavy atom. The zero-order valence-corrected chi connectivity index (χ0v) is 14.9. The van der Waals surface area contributed by atoms with Gasteiger partial charge in [0.1, 0.15) is 5.82 Å². The zero-order valence-electron chi connectivity index (χ0n) is 14.1. The first-order valence-electron chi connectivity index (χ1n) is 7.94. The Morgan fingerprint density at radius 1 is 1.33 bits per heavy atom. The highest BCUT2D eigenvalue weighted by molar-refractivity contribution is 7.09. The molecule has 3 heterocycles. The second kappa shape index (κ2) is 7.00. The SMILES string of the molecule is CC(C)c1nnc2ccc(NC(=O)N(C)CCc3cccs3)cn12.